The number of halogens is 1. The molecule has 2 rings (SSSR count). The third kappa shape index (κ3) is 7.18. The molecule has 0 unspecified atom stereocenters. The number of nitrogens with one attached hydrogen (secondary N) is 2. The lowest BCUT2D eigenvalue weighted by molar-refractivity contribution is -0.114. The number of hydrogen-bond acceptors (Lipinski definition) is 3. The summed E-state index contributed by atoms with van der Waals surface area (Å²) in [6.45, 7) is 3.10. The van der Waals surface area contributed by atoms with Gasteiger partial charge in [0.15, 0.2) is 0 Å². The van der Waals surface area contributed by atoms with Crippen LogP contribution in [0.15, 0.2) is 53.0 Å². The van der Waals surface area contributed by atoms with E-state index in [1.165, 1.54) is 19.3 Å². The van der Waals surface area contributed by atoms with Crippen LogP contribution in [0.3, 0.4) is 0 Å². The van der Waals surface area contributed by atoms with E-state index in [9.17, 15) is 4.79 Å². The molecule has 0 atom stereocenters. The Bertz CT molecular complexity index is 676. The Balaban J connectivity index is 1.78. The maximum atomic E-state index is 12.1. The molecule has 5 heteroatoms. The fourth-order valence-corrected chi connectivity index (χ4v) is 2.79. The molecule has 0 fully saturated rings. The highest BCUT2D eigenvalue weighted by Crippen LogP contribution is 2.21. The summed E-state index contributed by atoms with van der Waals surface area (Å²) in [5.41, 5.74) is 1.63. The molecule has 0 heterocycles. The Kier molecular flexibility index (Phi) is 8.32. The number of benzene rings is 2. The van der Waals surface area contributed by atoms with E-state index >= 15 is 0 Å². The molecule has 0 aliphatic heterocycles. The molecule has 0 saturated heterocycles. The quantitative estimate of drug-likeness (QED) is 0.516. The second kappa shape index (κ2) is 10.8. The van der Waals surface area contributed by atoms with Gasteiger partial charge in [-0.1, -0.05) is 44.4 Å². The molecular weight excluding hydrogens is 380 g/mol. The predicted molar refractivity (Wildman–Crippen MR) is 107 cm³/mol. The van der Waals surface area contributed by atoms with Crippen LogP contribution in [0.2, 0.25) is 0 Å². The average Bonchev–Trinajstić information content (AvgIpc) is 2.61. The predicted octanol–water partition coefficient (Wildman–Crippen LogP) is 5.46. The summed E-state index contributed by atoms with van der Waals surface area (Å²) in [5, 5.41) is 6.00. The first kappa shape index (κ1) is 19.3. The smallest absolute Gasteiger partial charge is 0.243 e. The Labute approximate surface area is 158 Å². The lowest BCUT2D eigenvalue weighted by Gasteiger charge is -2.11. The first-order chi connectivity index (χ1) is 12.2. The first-order valence-electron chi connectivity index (χ1n) is 8.70. The van der Waals surface area contributed by atoms with Crippen molar-refractivity contribution in [3.63, 3.8) is 0 Å². The summed E-state index contributed by atoms with van der Waals surface area (Å²) < 4.78 is 6.68. The van der Waals surface area contributed by atoms with Gasteiger partial charge in [-0.3, -0.25) is 4.79 Å². The van der Waals surface area contributed by atoms with Gasteiger partial charge < -0.3 is 15.4 Å². The van der Waals surface area contributed by atoms with Gasteiger partial charge in [0.2, 0.25) is 5.91 Å². The van der Waals surface area contributed by atoms with Crippen molar-refractivity contribution in [2.45, 2.75) is 32.6 Å². The van der Waals surface area contributed by atoms with E-state index in [1.807, 2.05) is 48.5 Å². The van der Waals surface area contributed by atoms with Crippen LogP contribution < -0.4 is 15.4 Å². The van der Waals surface area contributed by atoms with Crippen molar-refractivity contribution < 1.29 is 9.53 Å². The van der Waals surface area contributed by atoms with Gasteiger partial charge in [-0.2, -0.15) is 0 Å². The third-order valence-corrected chi connectivity index (χ3v) is 4.39. The van der Waals surface area contributed by atoms with Crippen molar-refractivity contribution in [2.75, 3.05) is 23.8 Å². The minimum Gasteiger partial charge on any atom is -0.494 e. The number of unbranched alkanes of at least 4 members (excludes halogenated alkanes) is 3. The van der Waals surface area contributed by atoms with E-state index in [4.69, 9.17) is 4.74 Å². The fourth-order valence-electron chi connectivity index (χ4n) is 2.37. The Morgan fingerprint density at radius 3 is 2.72 bits per heavy atom. The molecule has 0 spiro atoms. The highest BCUT2D eigenvalue weighted by atomic mass is 79.9. The third-order valence-electron chi connectivity index (χ3n) is 3.70. The van der Waals surface area contributed by atoms with Gasteiger partial charge in [-0.05, 0) is 46.6 Å². The molecule has 1 amide bonds. The zero-order valence-electron chi connectivity index (χ0n) is 14.6. The van der Waals surface area contributed by atoms with Gasteiger partial charge in [-0.15, -0.1) is 0 Å². The lowest BCUT2D eigenvalue weighted by atomic mass is 10.2. The van der Waals surface area contributed by atoms with Crippen molar-refractivity contribution >= 4 is 33.2 Å². The summed E-state index contributed by atoms with van der Waals surface area (Å²) in [6.07, 6.45) is 4.70. The Morgan fingerprint density at radius 2 is 1.92 bits per heavy atom. The van der Waals surface area contributed by atoms with Crippen LogP contribution >= 0.6 is 15.9 Å². The molecule has 25 heavy (non-hydrogen) atoms. The zero-order chi connectivity index (χ0) is 17.9. The number of hydrogen-bond donors (Lipinski definition) is 2. The number of para-hydroxylation sites is 1. The zero-order valence-corrected chi connectivity index (χ0v) is 16.1. The van der Waals surface area contributed by atoms with Crippen molar-refractivity contribution in [2.24, 2.45) is 0 Å². The number of amides is 1. The van der Waals surface area contributed by atoms with Crippen molar-refractivity contribution in [1.29, 1.82) is 0 Å². The van der Waals surface area contributed by atoms with Crippen LogP contribution in [-0.2, 0) is 4.79 Å². The summed E-state index contributed by atoms with van der Waals surface area (Å²) in [6, 6.07) is 15.2. The topological polar surface area (TPSA) is 50.4 Å². The van der Waals surface area contributed by atoms with Crippen LogP contribution in [0.4, 0.5) is 11.4 Å². The van der Waals surface area contributed by atoms with Gasteiger partial charge in [-0.25, -0.2) is 0 Å². The van der Waals surface area contributed by atoms with Gasteiger partial charge in [0.05, 0.1) is 13.2 Å². The molecule has 0 aromatic heterocycles. The van der Waals surface area contributed by atoms with E-state index < -0.39 is 0 Å². The van der Waals surface area contributed by atoms with E-state index in [2.05, 4.69) is 33.5 Å². The van der Waals surface area contributed by atoms with Crippen molar-refractivity contribution in [3.8, 4) is 5.75 Å². The van der Waals surface area contributed by atoms with Crippen LogP contribution in [0, 0.1) is 0 Å². The number of anilines is 2. The minimum absolute atomic E-state index is 0.101. The molecule has 0 bridgehead atoms. The average molecular weight is 405 g/mol. The summed E-state index contributed by atoms with van der Waals surface area (Å²) >= 11 is 3.45. The summed E-state index contributed by atoms with van der Waals surface area (Å²) in [4.78, 5) is 12.1. The maximum absolute atomic E-state index is 12.1. The molecule has 0 radical (unpaired) electrons. The van der Waals surface area contributed by atoms with Crippen LogP contribution in [0.1, 0.15) is 32.6 Å². The number of carbonyl (C=O) groups is 1. The molecule has 0 aliphatic carbocycles. The number of carbonyl (C=O) groups excluding carboxylic acids is 1. The molecule has 2 N–H and O–H groups in total. The Hall–Kier alpha value is -2.01. The van der Waals surface area contributed by atoms with Gasteiger partial charge in [0, 0.05) is 21.9 Å². The minimum atomic E-state index is -0.101. The maximum Gasteiger partial charge on any atom is 0.243 e. The lowest BCUT2D eigenvalue weighted by Crippen LogP contribution is -2.21. The van der Waals surface area contributed by atoms with Crippen molar-refractivity contribution in [3.05, 3.63) is 53.0 Å². The standard InChI is InChI=1S/C20H25BrN2O2/c1-2-3-4-7-13-25-17-10-8-9-16(14-17)23-20(24)15-22-19-12-6-5-11-18(19)21/h5-6,8-12,14,22H,2-4,7,13,15H2,1H3,(H,23,24). The molecule has 4 nitrogen and oxygen atoms in total. The molecule has 0 aliphatic rings. The number of ether oxygens (including phenoxy) is 1. The van der Waals surface area contributed by atoms with Gasteiger partial charge in [0.1, 0.15) is 5.75 Å². The molecule has 134 valence electrons. The van der Waals surface area contributed by atoms with Crippen LogP contribution in [-0.4, -0.2) is 19.1 Å². The van der Waals surface area contributed by atoms with E-state index in [1.54, 1.807) is 0 Å². The second-order valence-corrected chi connectivity index (χ2v) is 6.67. The van der Waals surface area contributed by atoms with Crippen LogP contribution in [0.25, 0.3) is 0 Å². The molecule has 2 aromatic rings. The van der Waals surface area contributed by atoms with Gasteiger partial charge >= 0.3 is 0 Å². The second-order valence-electron chi connectivity index (χ2n) is 5.82. The SMILES string of the molecule is CCCCCCOc1cccc(NC(=O)CNc2ccccc2Br)c1. The molecular formula is C20H25BrN2O2. The van der Waals surface area contributed by atoms with E-state index in [0.29, 0.717) is 6.61 Å². The van der Waals surface area contributed by atoms with Gasteiger partial charge in [0.25, 0.3) is 0 Å². The highest BCUT2D eigenvalue weighted by Gasteiger charge is 2.05. The normalized spacial score (nSPS) is 10.3. The molecule has 2 aromatic carbocycles. The molecule has 0 saturated carbocycles. The largest absolute Gasteiger partial charge is 0.494 e. The summed E-state index contributed by atoms with van der Waals surface area (Å²) in [7, 11) is 0. The Morgan fingerprint density at radius 1 is 1.08 bits per heavy atom. The summed E-state index contributed by atoms with van der Waals surface area (Å²) in [5.74, 6) is 0.684. The van der Waals surface area contributed by atoms with E-state index in [0.717, 1.165) is 28.0 Å². The monoisotopic (exact) mass is 404 g/mol. The van der Waals surface area contributed by atoms with Crippen LogP contribution in [0.5, 0.6) is 5.75 Å². The fraction of sp³-hybridized carbons (Fsp3) is 0.350. The van der Waals surface area contributed by atoms with Crippen molar-refractivity contribution in [1.82, 2.24) is 0 Å². The van der Waals surface area contributed by atoms with E-state index in [-0.39, 0.29) is 12.5 Å². The highest BCUT2D eigenvalue weighted by molar-refractivity contribution is 9.10. The number of rotatable bonds is 10. The first-order valence-corrected chi connectivity index (χ1v) is 9.49.